The molecule has 1 aromatic rings. The molecule has 3 nitrogen and oxygen atoms in total. The van der Waals surface area contributed by atoms with E-state index in [4.69, 9.17) is 0 Å². The van der Waals surface area contributed by atoms with Crippen LogP contribution in [0.4, 0.5) is 0 Å². The molecule has 0 spiro atoms. The summed E-state index contributed by atoms with van der Waals surface area (Å²) in [5.41, 5.74) is -0.0442. The van der Waals surface area contributed by atoms with Crippen molar-refractivity contribution in [3.8, 4) is 0 Å². The number of nitrogens with zero attached hydrogens (tertiary/aromatic N) is 1. The number of Topliss-reactive ketones (excluding diaryl/α,β-unsaturated/α-hetero) is 1. The lowest BCUT2D eigenvalue weighted by atomic mass is 9.86. The van der Waals surface area contributed by atoms with E-state index in [0.717, 1.165) is 5.56 Å². The Morgan fingerprint density at radius 1 is 1.26 bits per heavy atom. The SMILES string of the molecule is C=CCCN1C(=O)C(C)(C)C(=O)C1c1ccccc1. The molecule has 100 valence electrons. The Labute approximate surface area is 113 Å². The summed E-state index contributed by atoms with van der Waals surface area (Å²) in [6, 6.07) is 9.04. The van der Waals surface area contributed by atoms with Gasteiger partial charge in [0.2, 0.25) is 5.91 Å². The van der Waals surface area contributed by atoms with E-state index < -0.39 is 11.5 Å². The van der Waals surface area contributed by atoms with Crippen molar-refractivity contribution in [3.63, 3.8) is 0 Å². The quantitative estimate of drug-likeness (QED) is 0.614. The summed E-state index contributed by atoms with van der Waals surface area (Å²) in [4.78, 5) is 26.6. The number of benzene rings is 1. The lowest BCUT2D eigenvalue weighted by molar-refractivity contribution is -0.137. The maximum absolute atomic E-state index is 12.5. The van der Waals surface area contributed by atoms with Gasteiger partial charge in [-0.15, -0.1) is 6.58 Å². The summed E-state index contributed by atoms with van der Waals surface area (Å²) in [5, 5.41) is 0. The fraction of sp³-hybridized carbons (Fsp3) is 0.375. The van der Waals surface area contributed by atoms with Gasteiger partial charge in [0.1, 0.15) is 11.5 Å². The number of amides is 1. The van der Waals surface area contributed by atoms with Gasteiger partial charge in [0.25, 0.3) is 0 Å². The highest BCUT2D eigenvalue weighted by Gasteiger charge is 2.53. The Morgan fingerprint density at radius 3 is 2.47 bits per heavy atom. The smallest absolute Gasteiger partial charge is 0.236 e. The number of ketones is 1. The van der Waals surface area contributed by atoms with Gasteiger partial charge in [-0.05, 0) is 25.8 Å². The molecular formula is C16H19NO2. The Morgan fingerprint density at radius 2 is 1.89 bits per heavy atom. The summed E-state index contributed by atoms with van der Waals surface area (Å²) < 4.78 is 0. The topological polar surface area (TPSA) is 37.4 Å². The van der Waals surface area contributed by atoms with Gasteiger partial charge in [0.05, 0.1) is 0 Å². The zero-order valence-corrected chi connectivity index (χ0v) is 11.4. The Kier molecular flexibility index (Phi) is 3.56. The van der Waals surface area contributed by atoms with Crippen molar-refractivity contribution in [3.05, 3.63) is 48.6 Å². The van der Waals surface area contributed by atoms with Crippen molar-refractivity contribution < 1.29 is 9.59 Å². The highest BCUT2D eigenvalue weighted by atomic mass is 16.2. The first-order valence-corrected chi connectivity index (χ1v) is 6.51. The minimum Gasteiger partial charge on any atom is -0.327 e. The molecule has 0 N–H and O–H groups in total. The molecule has 1 aliphatic rings. The van der Waals surface area contributed by atoms with Crippen LogP contribution in [0.15, 0.2) is 43.0 Å². The van der Waals surface area contributed by atoms with E-state index in [1.807, 2.05) is 30.3 Å². The van der Waals surface area contributed by atoms with E-state index >= 15 is 0 Å². The normalized spacial score (nSPS) is 21.8. The minimum absolute atomic E-state index is 0.0206. The predicted molar refractivity (Wildman–Crippen MR) is 74.5 cm³/mol. The van der Waals surface area contributed by atoms with Crippen molar-refractivity contribution in [2.75, 3.05) is 6.54 Å². The van der Waals surface area contributed by atoms with Crippen LogP contribution >= 0.6 is 0 Å². The van der Waals surface area contributed by atoms with E-state index in [-0.39, 0.29) is 11.7 Å². The molecule has 1 unspecified atom stereocenters. The molecule has 1 aromatic carbocycles. The van der Waals surface area contributed by atoms with Gasteiger partial charge in [0.15, 0.2) is 5.78 Å². The number of hydrogen-bond acceptors (Lipinski definition) is 2. The van der Waals surface area contributed by atoms with Crippen LogP contribution < -0.4 is 0 Å². The first kappa shape index (κ1) is 13.5. The standard InChI is InChI=1S/C16H19NO2/c1-4-5-11-17-13(12-9-7-6-8-10-12)14(18)16(2,3)15(17)19/h4,6-10,13H,1,5,11H2,2-3H3. The number of carbonyl (C=O) groups excluding carboxylic acids is 2. The van der Waals surface area contributed by atoms with E-state index in [1.54, 1.807) is 24.8 Å². The summed E-state index contributed by atoms with van der Waals surface area (Å²) in [7, 11) is 0. The first-order valence-electron chi connectivity index (χ1n) is 6.51. The van der Waals surface area contributed by atoms with Crippen LogP contribution in [0.2, 0.25) is 0 Å². The fourth-order valence-electron chi connectivity index (χ4n) is 2.49. The van der Waals surface area contributed by atoms with Crippen LogP contribution in [0.3, 0.4) is 0 Å². The van der Waals surface area contributed by atoms with Crippen LogP contribution in [0, 0.1) is 5.41 Å². The maximum Gasteiger partial charge on any atom is 0.236 e. The molecule has 1 aliphatic heterocycles. The van der Waals surface area contributed by atoms with E-state index in [2.05, 4.69) is 6.58 Å². The molecule has 1 amide bonds. The number of rotatable bonds is 4. The zero-order valence-electron chi connectivity index (χ0n) is 11.4. The van der Waals surface area contributed by atoms with E-state index in [0.29, 0.717) is 13.0 Å². The molecule has 0 aromatic heterocycles. The van der Waals surface area contributed by atoms with Gasteiger partial charge < -0.3 is 4.90 Å². The zero-order chi connectivity index (χ0) is 14.0. The lowest BCUT2D eigenvalue weighted by Crippen LogP contribution is -2.33. The van der Waals surface area contributed by atoms with Crippen LogP contribution in [0.5, 0.6) is 0 Å². The maximum atomic E-state index is 12.5. The second-order valence-electron chi connectivity index (χ2n) is 5.38. The first-order chi connectivity index (χ1) is 9.00. The predicted octanol–water partition coefficient (Wildman–Crippen LogP) is 2.74. The molecule has 0 bridgehead atoms. The molecule has 0 saturated carbocycles. The van der Waals surface area contributed by atoms with Crippen LogP contribution in [-0.4, -0.2) is 23.1 Å². The highest BCUT2D eigenvalue weighted by Crippen LogP contribution is 2.40. The second kappa shape index (κ2) is 5.00. The molecule has 1 atom stereocenters. The summed E-state index contributed by atoms with van der Waals surface area (Å²) in [6.45, 7) is 7.64. The highest BCUT2D eigenvalue weighted by molar-refractivity contribution is 6.14. The third-order valence-electron chi connectivity index (χ3n) is 3.66. The molecule has 1 saturated heterocycles. The van der Waals surface area contributed by atoms with Crippen LogP contribution in [0.1, 0.15) is 31.9 Å². The third kappa shape index (κ3) is 2.21. The molecule has 3 heteroatoms. The average Bonchev–Trinajstić information content (AvgIpc) is 2.58. The Balaban J connectivity index is 2.40. The number of likely N-dealkylation sites (tertiary alicyclic amines) is 1. The lowest BCUT2D eigenvalue weighted by Gasteiger charge is -2.23. The Hall–Kier alpha value is -1.90. The molecule has 19 heavy (non-hydrogen) atoms. The van der Waals surface area contributed by atoms with Crippen molar-refractivity contribution in [1.29, 1.82) is 0 Å². The van der Waals surface area contributed by atoms with Gasteiger partial charge in [-0.2, -0.15) is 0 Å². The molecule has 1 heterocycles. The van der Waals surface area contributed by atoms with Crippen molar-refractivity contribution >= 4 is 11.7 Å². The van der Waals surface area contributed by atoms with Crippen molar-refractivity contribution in [2.24, 2.45) is 5.41 Å². The second-order valence-corrected chi connectivity index (χ2v) is 5.38. The third-order valence-corrected chi connectivity index (χ3v) is 3.66. The molecule has 2 rings (SSSR count). The monoisotopic (exact) mass is 257 g/mol. The van der Waals surface area contributed by atoms with Gasteiger partial charge in [-0.3, -0.25) is 9.59 Å². The molecule has 0 aliphatic carbocycles. The number of hydrogen-bond donors (Lipinski definition) is 0. The number of carbonyl (C=O) groups is 2. The van der Waals surface area contributed by atoms with E-state index in [9.17, 15) is 9.59 Å². The van der Waals surface area contributed by atoms with Crippen LogP contribution in [-0.2, 0) is 9.59 Å². The molecule has 0 radical (unpaired) electrons. The van der Waals surface area contributed by atoms with Gasteiger partial charge in [-0.1, -0.05) is 36.4 Å². The van der Waals surface area contributed by atoms with Crippen molar-refractivity contribution in [1.82, 2.24) is 4.90 Å². The molecule has 1 fully saturated rings. The molecular weight excluding hydrogens is 238 g/mol. The fourth-order valence-corrected chi connectivity index (χ4v) is 2.49. The van der Waals surface area contributed by atoms with Gasteiger partial charge >= 0.3 is 0 Å². The van der Waals surface area contributed by atoms with Gasteiger partial charge in [-0.25, -0.2) is 0 Å². The van der Waals surface area contributed by atoms with E-state index in [1.165, 1.54) is 0 Å². The summed E-state index contributed by atoms with van der Waals surface area (Å²) >= 11 is 0. The van der Waals surface area contributed by atoms with Crippen LogP contribution in [0.25, 0.3) is 0 Å². The minimum atomic E-state index is -0.929. The largest absolute Gasteiger partial charge is 0.327 e. The summed E-state index contributed by atoms with van der Waals surface area (Å²) in [5.74, 6) is -0.110. The Bertz CT molecular complexity index is 505. The van der Waals surface area contributed by atoms with Gasteiger partial charge in [0, 0.05) is 6.54 Å². The summed E-state index contributed by atoms with van der Waals surface area (Å²) in [6.07, 6.45) is 2.46. The van der Waals surface area contributed by atoms with Crippen molar-refractivity contribution in [2.45, 2.75) is 26.3 Å². The average molecular weight is 257 g/mol.